The van der Waals surface area contributed by atoms with Gasteiger partial charge in [-0.2, -0.15) is 5.26 Å². The van der Waals surface area contributed by atoms with Gasteiger partial charge in [0.2, 0.25) is 0 Å². The third-order valence-electron chi connectivity index (χ3n) is 4.37. The molecule has 0 saturated carbocycles. The Kier molecular flexibility index (Phi) is 8.18. The van der Waals surface area contributed by atoms with Crippen LogP contribution in [-0.2, 0) is 11.4 Å². The Bertz CT molecular complexity index is 1200. The molecule has 0 saturated heterocycles. The van der Waals surface area contributed by atoms with Gasteiger partial charge >= 0.3 is 0 Å². The van der Waals surface area contributed by atoms with Crippen LogP contribution in [0.5, 0.6) is 11.5 Å². The molecule has 32 heavy (non-hydrogen) atoms. The first-order valence-electron chi connectivity index (χ1n) is 9.33. The summed E-state index contributed by atoms with van der Waals surface area (Å²) in [4.78, 5) is 12.7. The third-order valence-corrected chi connectivity index (χ3v) is 5.46. The summed E-state index contributed by atoms with van der Waals surface area (Å²) in [7, 11) is 1.52. The van der Waals surface area contributed by atoms with Gasteiger partial charge in [-0.25, -0.2) is 0 Å². The Hall–Kier alpha value is -2.98. The molecule has 0 aliphatic carbocycles. The predicted octanol–water partition coefficient (Wildman–Crippen LogP) is 6.89. The van der Waals surface area contributed by atoms with Crippen molar-refractivity contribution in [1.29, 1.82) is 5.26 Å². The predicted molar refractivity (Wildman–Crippen MR) is 130 cm³/mol. The Labute approximate surface area is 204 Å². The van der Waals surface area contributed by atoms with E-state index in [1.165, 1.54) is 19.3 Å². The van der Waals surface area contributed by atoms with Gasteiger partial charge in [-0.05, 0) is 48.0 Å². The van der Waals surface area contributed by atoms with Gasteiger partial charge in [0.25, 0.3) is 5.91 Å². The number of carbonyl (C=O) groups is 1. The van der Waals surface area contributed by atoms with Crippen LogP contribution < -0.4 is 14.8 Å². The molecule has 3 aromatic rings. The van der Waals surface area contributed by atoms with Crippen molar-refractivity contribution in [3.8, 4) is 17.6 Å². The van der Waals surface area contributed by atoms with E-state index in [1.807, 2.05) is 30.3 Å². The normalized spacial score (nSPS) is 10.9. The molecule has 3 rings (SSSR count). The number of para-hydroxylation sites is 1. The van der Waals surface area contributed by atoms with Gasteiger partial charge in [0.1, 0.15) is 18.2 Å². The first kappa shape index (κ1) is 23.7. The van der Waals surface area contributed by atoms with Crippen molar-refractivity contribution >= 4 is 56.8 Å². The second kappa shape index (κ2) is 11.1. The molecule has 3 aromatic carbocycles. The maximum atomic E-state index is 12.7. The molecule has 1 amide bonds. The van der Waals surface area contributed by atoms with Gasteiger partial charge in [-0.3, -0.25) is 4.79 Å². The van der Waals surface area contributed by atoms with Crippen molar-refractivity contribution in [2.45, 2.75) is 6.61 Å². The highest BCUT2D eigenvalue weighted by atomic mass is 79.9. The summed E-state index contributed by atoms with van der Waals surface area (Å²) in [5.41, 5.74) is 1.64. The quantitative estimate of drug-likeness (QED) is 0.266. The lowest BCUT2D eigenvalue weighted by Crippen LogP contribution is -2.14. The minimum absolute atomic E-state index is 0.136. The van der Waals surface area contributed by atoms with Crippen LogP contribution in [0.25, 0.3) is 6.08 Å². The molecule has 0 spiro atoms. The Morgan fingerprint density at radius 3 is 2.59 bits per heavy atom. The van der Waals surface area contributed by atoms with Gasteiger partial charge in [0, 0.05) is 15.1 Å². The highest BCUT2D eigenvalue weighted by Crippen LogP contribution is 2.34. The summed E-state index contributed by atoms with van der Waals surface area (Å²) in [6.45, 7) is 0.278. The van der Waals surface area contributed by atoms with Gasteiger partial charge in [0.05, 0.1) is 17.8 Å². The molecular weight excluding hydrogens is 515 g/mol. The number of ether oxygens (including phenoxy) is 2. The molecular formula is C24H17BrCl2N2O3. The van der Waals surface area contributed by atoms with Crippen LogP contribution >= 0.6 is 39.1 Å². The standard InChI is InChI=1S/C24H17BrCl2N2O3/c1-31-22-4-2-3-16(23(22)32-14-15-5-7-18(25)8-6-15)11-17(13-28)24(30)29-21-12-19(26)9-10-20(21)27/h2-12H,14H2,1H3,(H,29,30)/b17-11+. The largest absolute Gasteiger partial charge is 0.493 e. The molecule has 0 radical (unpaired) electrons. The van der Waals surface area contributed by atoms with Crippen molar-refractivity contribution in [3.63, 3.8) is 0 Å². The average molecular weight is 532 g/mol. The van der Waals surface area contributed by atoms with Crippen molar-refractivity contribution in [2.75, 3.05) is 12.4 Å². The summed E-state index contributed by atoms with van der Waals surface area (Å²) in [5, 5.41) is 12.9. The number of halogens is 3. The van der Waals surface area contributed by atoms with Crippen molar-refractivity contribution in [2.24, 2.45) is 0 Å². The third kappa shape index (κ3) is 6.04. The maximum Gasteiger partial charge on any atom is 0.266 e. The fraction of sp³-hybridized carbons (Fsp3) is 0.0833. The lowest BCUT2D eigenvalue weighted by molar-refractivity contribution is -0.112. The molecule has 5 nitrogen and oxygen atoms in total. The lowest BCUT2D eigenvalue weighted by Gasteiger charge is -2.14. The number of amides is 1. The van der Waals surface area contributed by atoms with Gasteiger partial charge in [-0.1, -0.05) is 63.4 Å². The van der Waals surface area contributed by atoms with E-state index in [-0.39, 0.29) is 12.2 Å². The Morgan fingerprint density at radius 2 is 1.91 bits per heavy atom. The SMILES string of the molecule is COc1cccc(/C=C(\C#N)C(=O)Nc2cc(Cl)ccc2Cl)c1OCc1ccc(Br)cc1. The number of hydrogen-bond acceptors (Lipinski definition) is 4. The number of rotatable bonds is 7. The summed E-state index contributed by atoms with van der Waals surface area (Å²) < 4.78 is 12.4. The topological polar surface area (TPSA) is 71.3 Å². The molecule has 0 aliphatic rings. The molecule has 8 heteroatoms. The summed E-state index contributed by atoms with van der Waals surface area (Å²) >= 11 is 15.5. The van der Waals surface area contributed by atoms with Crippen molar-refractivity contribution < 1.29 is 14.3 Å². The molecule has 1 N–H and O–H groups in total. The second-order valence-electron chi connectivity index (χ2n) is 6.54. The van der Waals surface area contributed by atoms with Crippen LogP contribution in [-0.4, -0.2) is 13.0 Å². The number of hydrogen-bond donors (Lipinski definition) is 1. The van der Waals surface area contributed by atoms with E-state index in [0.29, 0.717) is 32.8 Å². The molecule has 0 fully saturated rings. The summed E-state index contributed by atoms with van der Waals surface area (Å²) in [5.74, 6) is 0.268. The second-order valence-corrected chi connectivity index (χ2v) is 8.30. The van der Waals surface area contributed by atoms with E-state index < -0.39 is 5.91 Å². The van der Waals surface area contributed by atoms with Crippen LogP contribution in [0.15, 0.2) is 70.7 Å². The monoisotopic (exact) mass is 530 g/mol. The molecule has 0 unspecified atom stereocenters. The Morgan fingerprint density at radius 1 is 1.16 bits per heavy atom. The zero-order valence-electron chi connectivity index (χ0n) is 16.9. The molecule has 0 bridgehead atoms. The molecule has 162 valence electrons. The smallest absolute Gasteiger partial charge is 0.266 e. The van der Waals surface area contributed by atoms with E-state index >= 15 is 0 Å². The molecule has 0 aliphatic heterocycles. The highest BCUT2D eigenvalue weighted by molar-refractivity contribution is 9.10. The first-order chi connectivity index (χ1) is 15.4. The first-order valence-corrected chi connectivity index (χ1v) is 10.9. The van der Waals surface area contributed by atoms with Gasteiger partial charge in [-0.15, -0.1) is 0 Å². The highest BCUT2D eigenvalue weighted by Gasteiger charge is 2.15. The number of nitrogens with one attached hydrogen (secondary N) is 1. The molecule has 0 aromatic heterocycles. The number of nitriles is 1. The Balaban J connectivity index is 1.89. The molecule has 0 atom stereocenters. The number of methoxy groups -OCH3 is 1. The van der Waals surface area contributed by atoms with E-state index in [2.05, 4.69) is 21.2 Å². The van der Waals surface area contributed by atoms with E-state index in [4.69, 9.17) is 32.7 Å². The molecule has 0 heterocycles. The van der Waals surface area contributed by atoms with Crippen molar-refractivity contribution in [1.82, 2.24) is 0 Å². The van der Waals surface area contributed by atoms with Crippen LogP contribution in [0.2, 0.25) is 10.0 Å². The van der Waals surface area contributed by atoms with Crippen LogP contribution in [0.4, 0.5) is 5.69 Å². The summed E-state index contributed by atoms with van der Waals surface area (Å²) in [6, 6.07) is 19.5. The zero-order valence-corrected chi connectivity index (χ0v) is 20.0. The zero-order chi connectivity index (χ0) is 23.1. The number of benzene rings is 3. The van der Waals surface area contributed by atoms with E-state index in [0.717, 1.165) is 10.0 Å². The maximum absolute atomic E-state index is 12.7. The van der Waals surface area contributed by atoms with Crippen LogP contribution in [0, 0.1) is 11.3 Å². The lowest BCUT2D eigenvalue weighted by atomic mass is 10.1. The minimum atomic E-state index is -0.627. The van der Waals surface area contributed by atoms with Crippen molar-refractivity contribution in [3.05, 3.63) is 91.9 Å². The summed E-state index contributed by atoms with van der Waals surface area (Å²) in [6.07, 6.45) is 1.44. The fourth-order valence-electron chi connectivity index (χ4n) is 2.78. The van der Waals surface area contributed by atoms with Gasteiger partial charge in [0.15, 0.2) is 11.5 Å². The average Bonchev–Trinajstić information content (AvgIpc) is 2.79. The van der Waals surface area contributed by atoms with E-state index in [9.17, 15) is 10.1 Å². The van der Waals surface area contributed by atoms with Crippen LogP contribution in [0.3, 0.4) is 0 Å². The van der Waals surface area contributed by atoms with Gasteiger partial charge < -0.3 is 14.8 Å². The van der Waals surface area contributed by atoms with Crippen LogP contribution in [0.1, 0.15) is 11.1 Å². The number of anilines is 1. The number of nitrogens with zero attached hydrogens (tertiary/aromatic N) is 1. The number of carbonyl (C=O) groups excluding carboxylic acids is 1. The minimum Gasteiger partial charge on any atom is -0.493 e. The van der Waals surface area contributed by atoms with E-state index in [1.54, 1.807) is 30.3 Å². The fourth-order valence-corrected chi connectivity index (χ4v) is 3.39.